The van der Waals surface area contributed by atoms with E-state index in [9.17, 15) is 23.1 Å². The Hall–Kier alpha value is -1.78. The molecule has 0 aliphatic carbocycles. The van der Waals surface area contributed by atoms with Crippen molar-refractivity contribution in [3.05, 3.63) is 41.5 Å². The Kier molecular flexibility index (Phi) is 4.16. The summed E-state index contributed by atoms with van der Waals surface area (Å²) in [7, 11) is 0. The molecule has 0 heterocycles. The van der Waals surface area contributed by atoms with E-state index in [0.717, 1.165) is 5.56 Å². The van der Waals surface area contributed by atoms with Crippen LogP contribution in [0.2, 0.25) is 0 Å². The number of aliphatic hydroxyl groups is 1. The molecule has 0 saturated carbocycles. The Balaban J connectivity index is 2.94. The lowest BCUT2D eigenvalue weighted by Crippen LogP contribution is -2.20. The number of carbonyl (C=O) groups excluding carboxylic acids is 1. The number of rotatable bonds is 3. The maximum atomic E-state index is 12.0. The minimum absolute atomic E-state index is 0.178. The van der Waals surface area contributed by atoms with Crippen LogP contribution in [0.15, 0.2) is 30.3 Å². The molecule has 0 unspecified atom stereocenters. The van der Waals surface area contributed by atoms with Gasteiger partial charge in [0.25, 0.3) is 5.78 Å². The fraction of sp³-hybridized carbons (Fsp3) is 0.308. The molecule has 1 N–H and O–H groups in total. The average Bonchev–Trinajstić information content (AvgIpc) is 2.27. The summed E-state index contributed by atoms with van der Waals surface area (Å²) in [4.78, 5) is 10.7. The summed E-state index contributed by atoms with van der Waals surface area (Å²) in [6.07, 6.45) is -4.78. The van der Waals surface area contributed by atoms with Gasteiger partial charge in [0.1, 0.15) is 5.76 Å². The summed E-state index contributed by atoms with van der Waals surface area (Å²) in [6.45, 7) is 3.94. The van der Waals surface area contributed by atoms with Crippen LogP contribution >= 0.6 is 0 Å². The zero-order valence-corrected chi connectivity index (χ0v) is 9.95. The number of hydrogen-bond acceptors (Lipinski definition) is 2. The highest BCUT2D eigenvalue weighted by atomic mass is 19.4. The van der Waals surface area contributed by atoms with Gasteiger partial charge < -0.3 is 5.11 Å². The molecule has 1 rings (SSSR count). The van der Waals surface area contributed by atoms with E-state index in [1.165, 1.54) is 12.1 Å². The highest BCUT2D eigenvalue weighted by molar-refractivity contribution is 5.99. The van der Waals surface area contributed by atoms with Crippen molar-refractivity contribution in [1.29, 1.82) is 0 Å². The summed E-state index contributed by atoms with van der Waals surface area (Å²) >= 11 is 0. The van der Waals surface area contributed by atoms with E-state index in [-0.39, 0.29) is 17.6 Å². The highest BCUT2D eigenvalue weighted by Gasteiger charge is 2.36. The lowest BCUT2D eigenvalue weighted by molar-refractivity contribution is -0.165. The van der Waals surface area contributed by atoms with Crippen LogP contribution in [0.5, 0.6) is 0 Å². The third-order valence-electron chi connectivity index (χ3n) is 2.42. The summed E-state index contributed by atoms with van der Waals surface area (Å²) < 4.78 is 36.0. The van der Waals surface area contributed by atoms with Crippen LogP contribution in [0.1, 0.15) is 30.9 Å². The van der Waals surface area contributed by atoms with Gasteiger partial charge in [0, 0.05) is 11.6 Å². The van der Waals surface area contributed by atoms with Crippen molar-refractivity contribution in [2.45, 2.75) is 25.9 Å². The van der Waals surface area contributed by atoms with Crippen molar-refractivity contribution in [1.82, 2.24) is 0 Å². The van der Waals surface area contributed by atoms with Crippen LogP contribution in [0.25, 0.3) is 5.76 Å². The van der Waals surface area contributed by atoms with Gasteiger partial charge in [-0.1, -0.05) is 38.1 Å². The molecular formula is C13H13F3O2. The lowest BCUT2D eigenvalue weighted by Gasteiger charge is -2.07. The van der Waals surface area contributed by atoms with Crippen molar-refractivity contribution >= 4 is 11.5 Å². The number of ketones is 1. The number of allylic oxidation sites excluding steroid dienone is 1. The second kappa shape index (κ2) is 5.25. The molecule has 98 valence electrons. The fourth-order valence-electron chi connectivity index (χ4n) is 1.33. The van der Waals surface area contributed by atoms with E-state index in [0.29, 0.717) is 0 Å². The number of benzene rings is 1. The predicted molar refractivity (Wildman–Crippen MR) is 62.2 cm³/mol. The Labute approximate surface area is 103 Å². The Morgan fingerprint density at radius 2 is 1.72 bits per heavy atom. The Bertz CT molecular complexity index is 456. The summed E-state index contributed by atoms with van der Waals surface area (Å²) in [6, 6.07) is 6.35. The molecule has 5 heteroatoms. The van der Waals surface area contributed by atoms with Crippen LogP contribution in [-0.2, 0) is 4.79 Å². The van der Waals surface area contributed by atoms with Gasteiger partial charge in [-0.3, -0.25) is 4.79 Å². The molecular weight excluding hydrogens is 245 g/mol. The molecule has 0 atom stereocenters. The first-order chi connectivity index (χ1) is 8.21. The molecule has 0 aromatic heterocycles. The minimum atomic E-state index is -4.97. The molecule has 0 aliphatic heterocycles. The number of hydrogen-bond donors (Lipinski definition) is 1. The Morgan fingerprint density at radius 1 is 1.22 bits per heavy atom. The molecule has 1 aromatic rings. The van der Waals surface area contributed by atoms with Gasteiger partial charge in [-0.05, 0) is 11.5 Å². The van der Waals surface area contributed by atoms with E-state index < -0.39 is 17.7 Å². The summed E-state index contributed by atoms with van der Waals surface area (Å²) in [5.74, 6) is -2.48. The van der Waals surface area contributed by atoms with Crippen molar-refractivity contribution in [3.63, 3.8) is 0 Å². The molecule has 0 bridgehead atoms. The molecule has 0 fully saturated rings. The minimum Gasteiger partial charge on any atom is -0.507 e. The third kappa shape index (κ3) is 3.61. The van der Waals surface area contributed by atoms with E-state index in [2.05, 4.69) is 0 Å². The number of alkyl halides is 3. The second-order valence-electron chi connectivity index (χ2n) is 4.17. The van der Waals surface area contributed by atoms with E-state index in [1.54, 1.807) is 12.1 Å². The third-order valence-corrected chi connectivity index (χ3v) is 2.42. The molecule has 0 saturated heterocycles. The average molecular weight is 258 g/mol. The van der Waals surface area contributed by atoms with Crippen LogP contribution in [-0.4, -0.2) is 17.1 Å². The largest absolute Gasteiger partial charge is 0.507 e. The molecule has 0 spiro atoms. The maximum absolute atomic E-state index is 12.0. The van der Waals surface area contributed by atoms with E-state index in [1.807, 2.05) is 13.8 Å². The first kappa shape index (κ1) is 14.3. The zero-order chi connectivity index (χ0) is 13.9. The smallest absolute Gasteiger partial charge is 0.454 e. The van der Waals surface area contributed by atoms with Crippen LogP contribution < -0.4 is 0 Å². The second-order valence-corrected chi connectivity index (χ2v) is 4.17. The quantitative estimate of drug-likeness (QED) is 0.660. The number of carbonyl (C=O) groups is 1. The number of halogens is 3. The van der Waals surface area contributed by atoms with Crippen molar-refractivity contribution in [2.24, 2.45) is 0 Å². The maximum Gasteiger partial charge on any atom is 0.454 e. The first-order valence-electron chi connectivity index (χ1n) is 5.34. The van der Waals surface area contributed by atoms with Gasteiger partial charge in [0.15, 0.2) is 0 Å². The van der Waals surface area contributed by atoms with Gasteiger partial charge in [0.05, 0.1) is 0 Å². The normalized spacial score (nSPS) is 12.9. The van der Waals surface area contributed by atoms with Crippen molar-refractivity contribution in [3.8, 4) is 0 Å². The summed E-state index contributed by atoms with van der Waals surface area (Å²) in [5, 5.41) is 9.42. The molecule has 18 heavy (non-hydrogen) atoms. The highest BCUT2D eigenvalue weighted by Crippen LogP contribution is 2.21. The van der Waals surface area contributed by atoms with Gasteiger partial charge in [-0.2, -0.15) is 13.2 Å². The first-order valence-corrected chi connectivity index (χ1v) is 5.34. The summed E-state index contributed by atoms with van der Waals surface area (Å²) in [5.41, 5.74) is 1.17. The molecule has 0 aliphatic rings. The topological polar surface area (TPSA) is 37.3 Å². The van der Waals surface area contributed by atoms with E-state index >= 15 is 0 Å². The van der Waals surface area contributed by atoms with Crippen LogP contribution in [0.4, 0.5) is 13.2 Å². The predicted octanol–water partition coefficient (Wildman–Crippen LogP) is 3.84. The van der Waals surface area contributed by atoms with Crippen molar-refractivity contribution in [2.75, 3.05) is 0 Å². The van der Waals surface area contributed by atoms with Crippen molar-refractivity contribution < 1.29 is 23.1 Å². The van der Waals surface area contributed by atoms with E-state index in [4.69, 9.17) is 0 Å². The molecule has 2 nitrogen and oxygen atoms in total. The molecule has 1 aromatic carbocycles. The SMILES string of the molecule is CC(C)c1ccc(/C(O)=C/C(=O)C(F)(F)F)cc1. The van der Waals surface area contributed by atoms with Crippen LogP contribution in [0, 0.1) is 0 Å². The number of aliphatic hydroxyl groups excluding tert-OH is 1. The van der Waals surface area contributed by atoms with Gasteiger partial charge in [-0.25, -0.2) is 0 Å². The van der Waals surface area contributed by atoms with Crippen LogP contribution in [0.3, 0.4) is 0 Å². The molecule has 0 radical (unpaired) electrons. The zero-order valence-electron chi connectivity index (χ0n) is 9.95. The molecule has 0 amide bonds. The lowest BCUT2D eigenvalue weighted by atomic mass is 10.0. The van der Waals surface area contributed by atoms with Gasteiger partial charge >= 0.3 is 6.18 Å². The Morgan fingerprint density at radius 3 is 2.11 bits per heavy atom. The van der Waals surface area contributed by atoms with Gasteiger partial charge in [-0.15, -0.1) is 0 Å². The van der Waals surface area contributed by atoms with Gasteiger partial charge in [0.2, 0.25) is 0 Å². The standard InChI is InChI=1S/C13H13F3O2/c1-8(2)9-3-5-10(6-4-9)11(17)7-12(18)13(14,15)16/h3-8,17H,1-2H3/b11-7-. The fourth-order valence-corrected chi connectivity index (χ4v) is 1.33. The monoisotopic (exact) mass is 258 g/mol.